The molecule has 0 aliphatic carbocycles. The number of aromatic nitrogens is 1. The van der Waals surface area contributed by atoms with Gasteiger partial charge >= 0.3 is 0 Å². The molecule has 2 heterocycles. The number of thiophene rings is 1. The lowest BCUT2D eigenvalue weighted by Crippen LogP contribution is -2.11. The smallest absolute Gasteiger partial charge is 0.0761 e. The van der Waals surface area contributed by atoms with Gasteiger partial charge in [0.2, 0.25) is 0 Å². The van der Waals surface area contributed by atoms with Crippen LogP contribution >= 0.6 is 43.2 Å². The van der Waals surface area contributed by atoms with Crippen molar-refractivity contribution in [2.45, 2.75) is 6.04 Å². The Labute approximate surface area is 109 Å². The van der Waals surface area contributed by atoms with Gasteiger partial charge in [-0.2, -0.15) is 0 Å². The van der Waals surface area contributed by atoms with E-state index in [0.29, 0.717) is 0 Å². The fourth-order valence-electron chi connectivity index (χ4n) is 1.32. The van der Waals surface area contributed by atoms with Crippen molar-refractivity contribution in [3.8, 4) is 0 Å². The maximum atomic E-state index is 6.16. The summed E-state index contributed by atoms with van der Waals surface area (Å²) < 4.78 is 2.15. The topological polar surface area (TPSA) is 38.9 Å². The number of hydrogen-bond acceptors (Lipinski definition) is 3. The Morgan fingerprint density at radius 3 is 2.47 bits per heavy atom. The monoisotopic (exact) mass is 346 g/mol. The van der Waals surface area contributed by atoms with Gasteiger partial charge in [0.05, 0.1) is 13.6 Å². The van der Waals surface area contributed by atoms with Crippen LogP contribution in [0.15, 0.2) is 38.2 Å². The lowest BCUT2D eigenvalue weighted by molar-refractivity contribution is 0.868. The fourth-order valence-corrected chi connectivity index (χ4v) is 4.24. The van der Waals surface area contributed by atoms with Crippen molar-refractivity contribution in [2.75, 3.05) is 0 Å². The average molecular weight is 348 g/mol. The highest BCUT2D eigenvalue weighted by atomic mass is 79.9. The van der Waals surface area contributed by atoms with Crippen LogP contribution in [0.3, 0.4) is 0 Å². The van der Waals surface area contributed by atoms with E-state index in [1.807, 2.05) is 18.2 Å². The molecule has 0 fully saturated rings. The first kappa shape index (κ1) is 11.3. The van der Waals surface area contributed by atoms with Crippen LogP contribution in [0.1, 0.15) is 17.2 Å². The summed E-state index contributed by atoms with van der Waals surface area (Å²) in [6, 6.07) is 5.80. The average Bonchev–Trinajstić information content (AvgIpc) is 2.58. The van der Waals surface area contributed by atoms with Crippen molar-refractivity contribution in [1.29, 1.82) is 0 Å². The molecule has 0 amide bonds. The number of nitrogens with zero attached hydrogens (tertiary/aromatic N) is 1. The van der Waals surface area contributed by atoms with Gasteiger partial charge in [-0.25, -0.2) is 0 Å². The van der Waals surface area contributed by atoms with Crippen molar-refractivity contribution in [3.63, 3.8) is 0 Å². The zero-order valence-electron chi connectivity index (χ0n) is 7.65. The third-order valence-corrected chi connectivity index (χ3v) is 4.47. The van der Waals surface area contributed by atoms with Gasteiger partial charge in [0.1, 0.15) is 0 Å². The molecule has 0 aromatic carbocycles. The van der Waals surface area contributed by atoms with Crippen LogP contribution in [0.4, 0.5) is 0 Å². The standard InChI is InChI=1S/C10H8Br2N2S/c11-8-5-7(10(12)15-8)9(13)6-1-3-14-4-2-6/h1-5,9H,13H2. The molecule has 0 aliphatic heterocycles. The number of nitrogens with two attached hydrogens (primary N) is 1. The summed E-state index contributed by atoms with van der Waals surface area (Å²) >= 11 is 8.58. The molecular formula is C10H8Br2N2S. The molecule has 2 N–H and O–H groups in total. The molecule has 0 radical (unpaired) electrons. The Morgan fingerprint density at radius 2 is 1.93 bits per heavy atom. The number of rotatable bonds is 2. The van der Waals surface area contributed by atoms with Crippen molar-refractivity contribution < 1.29 is 0 Å². The maximum Gasteiger partial charge on any atom is 0.0761 e. The van der Waals surface area contributed by atoms with E-state index in [2.05, 4.69) is 36.8 Å². The van der Waals surface area contributed by atoms with E-state index in [-0.39, 0.29) is 6.04 Å². The van der Waals surface area contributed by atoms with Crippen LogP contribution in [-0.2, 0) is 0 Å². The molecule has 1 unspecified atom stereocenters. The fraction of sp³-hybridized carbons (Fsp3) is 0.100. The third-order valence-electron chi connectivity index (χ3n) is 2.08. The van der Waals surface area contributed by atoms with Gasteiger partial charge in [0, 0.05) is 12.4 Å². The first-order chi connectivity index (χ1) is 7.18. The molecule has 2 nitrogen and oxygen atoms in total. The molecule has 0 spiro atoms. The summed E-state index contributed by atoms with van der Waals surface area (Å²) in [6.07, 6.45) is 3.51. The van der Waals surface area contributed by atoms with Crippen LogP contribution in [0, 0.1) is 0 Å². The summed E-state index contributed by atoms with van der Waals surface area (Å²) in [6.45, 7) is 0. The van der Waals surface area contributed by atoms with E-state index in [1.165, 1.54) is 0 Å². The highest BCUT2D eigenvalue weighted by Crippen LogP contribution is 2.36. The van der Waals surface area contributed by atoms with Gasteiger partial charge in [0.15, 0.2) is 0 Å². The molecule has 0 aliphatic rings. The van der Waals surface area contributed by atoms with Crippen LogP contribution in [0.5, 0.6) is 0 Å². The number of pyridine rings is 1. The van der Waals surface area contributed by atoms with Gasteiger partial charge in [-0.05, 0) is 61.2 Å². The third kappa shape index (κ3) is 2.47. The van der Waals surface area contributed by atoms with Gasteiger partial charge in [-0.1, -0.05) is 0 Å². The lowest BCUT2D eigenvalue weighted by atomic mass is 10.0. The van der Waals surface area contributed by atoms with E-state index in [0.717, 1.165) is 18.7 Å². The molecule has 2 rings (SSSR count). The molecule has 15 heavy (non-hydrogen) atoms. The van der Waals surface area contributed by atoms with Crippen molar-refractivity contribution >= 4 is 43.2 Å². The Morgan fingerprint density at radius 1 is 1.27 bits per heavy atom. The molecule has 2 aromatic heterocycles. The Balaban J connectivity index is 2.36. The molecule has 1 atom stereocenters. The van der Waals surface area contributed by atoms with Crippen molar-refractivity contribution in [2.24, 2.45) is 5.73 Å². The van der Waals surface area contributed by atoms with Crippen LogP contribution in [-0.4, -0.2) is 4.98 Å². The van der Waals surface area contributed by atoms with Gasteiger partial charge in [0.25, 0.3) is 0 Å². The van der Waals surface area contributed by atoms with Gasteiger partial charge in [-0.15, -0.1) is 11.3 Å². The zero-order valence-corrected chi connectivity index (χ0v) is 11.6. The molecule has 0 saturated heterocycles. The van der Waals surface area contributed by atoms with Crippen LogP contribution in [0.25, 0.3) is 0 Å². The SMILES string of the molecule is NC(c1ccncc1)c1cc(Br)sc1Br. The first-order valence-electron chi connectivity index (χ1n) is 4.28. The first-order valence-corrected chi connectivity index (χ1v) is 6.69. The van der Waals surface area contributed by atoms with Crippen molar-refractivity contribution in [1.82, 2.24) is 4.98 Å². The predicted octanol–water partition coefficient (Wildman–Crippen LogP) is 3.72. The minimum absolute atomic E-state index is 0.107. The second kappa shape index (κ2) is 4.74. The van der Waals surface area contributed by atoms with Crippen molar-refractivity contribution in [3.05, 3.63) is 49.3 Å². The summed E-state index contributed by atoms with van der Waals surface area (Å²) in [5, 5.41) is 0. The molecule has 2 aromatic rings. The Kier molecular flexibility index (Phi) is 3.56. The molecule has 5 heteroatoms. The van der Waals surface area contributed by atoms with E-state index in [4.69, 9.17) is 5.73 Å². The Bertz CT molecular complexity index is 456. The summed E-state index contributed by atoms with van der Waals surface area (Å²) in [5.41, 5.74) is 8.32. The summed E-state index contributed by atoms with van der Waals surface area (Å²) in [5.74, 6) is 0. The molecular weight excluding hydrogens is 340 g/mol. The minimum atomic E-state index is -0.107. The van der Waals surface area contributed by atoms with E-state index < -0.39 is 0 Å². The highest BCUT2D eigenvalue weighted by Gasteiger charge is 2.14. The maximum absolute atomic E-state index is 6.16. The Hall–Kier alpha value is -0.230. The second-order valence-corrected chi connectivity index (χ2v) is 6.79. The van der Waals surface area contributed by atoms with Crippen LogP contribution < -0.4 is 5.73 Å². The van der Waals surface area contributed by atoms with E-state index in [9.17, 15) is 0 Å². The van der Waals surface area contributed by atoms with Gasteiger partial charge < -0.3 is 5.73 Å². The van der Waals surface area contributed by atoms with E-state index in [1.54, 1.807) is 23.7 Å². The molecule has 78 valence electrons. The highest BCUT2D eigenvalue weighted by molar-refractivity contribution is 9.12. The predicted molar refractivity (Wildman–Crippen MR) is 70.0 cm³/mol. The normalized spacial score (nSPS) is 12.7. The lowest BCUT2D eigenvalue weighted by Gasteiger charge is -2.10. The van der Waals surface area contributed by atoms with Crippen LogP contribution in [0.2, 0.25) is 0 Å². The minimum Gasteiger partial charge on any atom is -0.320 e. The number of halogens is 2. The van der Waals surface area contributed by atoms with Gasteiger partial charge in [-0.3, -0.25) is 4.98 Å². The summed E-state index contributed by atoms with van der Waals surface area (Å²) in [7, 11) is 0. The summed E-state index contributed by atoms with van der Waals surface area (Å²) in [4.78, 5) is 3.98. The zero-order chi connectivity index (χ0) is 10.8. The quantitative estimate of drug-likeness (QED) is 0.899. The number of hydrogen-bond donors (Lipinski definition) is 1. The largest absolute Gasteiger partial charge is 0.320 e. The molecule has 0 saturated carbocycles. The second-order valence-electron chi connectivity index (χ2n) is 3.04. The van der Waals surface area contributed by atoms with E-state index >= 15 is 0 Å². The molecule has 0 bridgehead atoms.